The molecule has 0 spiro atoms. The molecule has 0 amide bonds. The lowest BCUT2D eigenvalue weighted by molar-refractivity contribution is 0.466. The minimum Gasteiger partial charge on any atom is -0.506 e. The lowest BCUT2D eigenvalue weighted by atomic mass is 10.3. The molecule has 0 saturated carbocycles. The van der Waals surface area contributed by atoms with Crippen molar-refractivity contribution in [3.8, 4) is 5.75 Å². The average Bonchev–Trinajstić information content (AvgIpc) is 2.32. The summed E-state index contributed by atoms with van der Waals surface area (Å²) in [5.74, 6) is 0.940. The van der Waals surface area contributed by atoms with Gasteiger partial charge in [-0.05, 0) is 43.3 Å². The predicted molar refractivity (Wildman–Crippen MR) is 81.6 cm³/mol. The maximum absolute atomic E-state index is 9.67. The molecule has 0 atom stereocenters. The van der Waals surface area contributed by atoms with Gasteiger partial charge in [-0.3, -0.25) is 4.98 Å². The Morgan fingerprint density at radius 2 is 1.83 bits per heavy atom. The Hall–Kier alpha value is -0.710. The van der Waals surface area contributed by atoms with Crippen LogP contribution in [-0.2, 0) is 5.75 Å². The first-order chi connectivity index (χ1) is 8.15. The van der Waals surface area contributed by atoms with Gasteiger partial charge in [-0.2, -0.15) is 0 Å². The summed E-state index contributed by atoms with van der Waals surface area (Å²) in [5, 5.41) is 9.67. The van der Waals surface area contributed by atoms with Crippen LogP contribution in [0.1, 0.15) is 11.4 Å². The molecule has 0 aliphatic rings. The molecule has 1 aromatic carbocycles. The SMILES string of the molecule is Cc1ccc(O)c(CSc2ccc(Br)cc2)n1.Cl. The van der Waals surface area contributed by atoms with Crippen molar-refractivity contribution < 1.29 is 5.11 Å². The Balaban J connectivity index is 0.00000162. The zero-order valence-electron chi connectivity index (χ0n) is 9.76. The van der Waals surface area contributed by atoms with Gasteiger partial charge in [0.05, 0.1) is 5.69 Å². The first kappa shape index (κ1) is 15.3. The molecule has 2 aromatic rings. The number of hydrogen-bond donors (Lipinski definition) is 1. The number of benzene rings is 1. The second-order valence-corrected chi connectivity index (χ2v) is 5.63. The van der Waals surface area contributed by atoms with Gasteiger partial charge in [-0.1, -0.05) is 15.9 Å². The Kier molecular flexibility index (Phi) is 5.99. The molecule has 96 valence electrons. The van der Waals surface area contributed by atoms with E-state index in [9.17, 15) is 5.11 Å². The van der Waals surface area contributed by atoms with E-state index in [2.05, 4.69) is 20.9 Å². The highest BCUT2D eigenvalue weighted by Gasteiger charge is 2.04. The van der Waals surface area contributed by atoms with E-state index in [1.165, 1.54) is 0 Å². The largest absolute Gasteiger partial charge is 0.506 e. The van der Waals surface area contributed by atoms with Crippen LogP contribution < -0.4 is 0 Å². The van der Waals surface area contributed by atoms with Crippen LogP contribution in [0.4, 0.5) is 0 Å². The minimum atomic E-state index is 0. The summed E-state index contributed by atoms with van der Waals surface area (Å²) in [7, 11) is 0. The maximum Gasteiger partial charge on any atom is 0.137 e. The second kappa shape index (κ2) is 7.02. The standard InChI is InChI=1S/C13H12BrNOS.ClH/c1-9-2-7-13(16)12(15-9)8-17-11-5-3-10(14)4-6-11;/h2-7,16H,8H2,1H3;1H. The molecule has 0 aliphatic carbocycles. The number of aromatic hydroxyl groups is 1. The van der Waals surface area contributed by atoms with Gasteiger partial charge in [0, 0.05) is 20.8 Å². The summed E-state index contributed by atoms with van der Waals surface area (Å²) in [6, 6.07) is 11.6. The minimum absolute atomic E-state index is 0. The summed E-state index contributed by atoms with van der Waals surface area (Å²) in [5.41, 5.74) is 1.66. The van der Waals surface area contributed by atoms with E-state index in [4.69, 9.17) is 0 Å². The Morgan fingerprint density at radius 1 is 1.17 bits per heavy atom. The lowest BCUT2D eigenvalue weighted by Gasteiger charge is -2.05. The van der Waals surface area contributed by atoms with Crippen molar-refractivity contribution in [1.29, 1.82) is 0 Å². The number of pyridine rings is 1. The topological polar surface area (TPSA) is 33.1 Å². The molecule has 1 N–H and O–H groups in total. The molecule has 5 heteroatoms. The first-order valence-electron chi connectivity index (χ1n) is 5.19. The van der Waals surface area contributed by atoms with Crippen LogP contribution in [0.15, 0.2) is 45.8 Å². The summed E-state index contributed by atoms with van der Waals surface area (Å²) in [6.45, 7) is 1.92. The van der Waals surface area contributed by atoms with E-state index in [-0.39, 0.29) is 18.2 Å². The van der Waals surface area contributed by atoms with Crippen LogP contribution in [-0.4, -0.2) is 10.1 Å². The fraction of sp³-hybridized carbons (Fsp3) is 0.154. The monoisotopic (exact) mass is 345 g/mol. The van der Waals surface area contributed by atoms with Crippen molar-refractivity contribution in [3.05, 3.63) is 52.3 Å². The highest BCUT2D eigenvalue weighted by molar-refractivity contribution is 9.10. The highest BCUT2D eigenvalue weighted by Crippen LogP contribution is 2.27. The number of hydrogen-bond acceptors (Lipinski definition) is 3. The normalized spacial score (nSPS) is 9.89. The molecule has 0 saturated heterocycles. The Morgan fingerprint density at radius 3 is 2.50 bits per heavy atom. The van der Waals surface area contributed by atoms with E-state index in [0.717, 1.165) is 20.8 Å². The van der Waals surface area contributed by atoms with Crippen molar-refractivity contribution in [2.24, 2.45) is 0 Å². The van der Waals surface area contributed by atoms with Crippen LogP contribution in [0, 0.1) is 6.92 Å². The molecule has 0 aliphatic heterocycles. The first-order valence-corrected chi connectivity index (χ1v) is 6.97. The van der Waals surface area contributed by atoms with Gasteiger partial charge < -0.3 is 5.11 Å². The third-order valence-electron chi connectivity index (χ3n) is 2.28. The molecule has 2 nitrogen and oxygen atoms in total. The molecule has 18 heavy (non-hydrogen) atoms. The van der Waals surface area contributed by atoms with E-state index in [0.29, 0.717) is 5.75 Å². The summed E-state index contributed by atoms with van der Waals surface area (Å²) >= 11 is 5.06. The van der Waals surface area contributed by atoms with Gasteiger partial charge in [0.1, 0.15) is 5.75 Å². The fourth-order valence-electron chi connectivity index (χ4n) is 1.39. The molecular formula is C13H13BrClNOS. The number of halogens is 2. The lowest BCUT2D eigenvalue weighted by Crippen LogP contribution is -1.90. The second-order valence-electron chi connectivity index (χ2n) is 3.66. The van der Waals surface area contributed by atoms with Crippen molar-refractivity contribution in [1.82, 2.24) is 4.98 Å². The molecule has 2 rings (SSSR count). The maximum atomic E-state index is 9.67. The zero-order chi connectivity index (χ0) is 12.3. The molecular weight excluding hydrogens is 334 g/mol. The molecule has 0 bridgehead atoms. The molecule has 0 fully saturated rings. The smallest absolute Gasteiger partial charge is 0.137 e. The number of rotatable bonds is 3. The van der Waals surface area contributed by atoms with Gasteiger partial charge in [0.25, 0.3) is 0 Å². The average molecular weight is 347 g/mol. The summed E-state index contributed by atoms with van der Waals surface area (Å²) < 4.78 is 1.07. The Bertz CT molecular complexity index is 519. The van der Waals surface area contributed by atoms with E-state index < -0.39 is 0 Å². The number of nitrogens with zero attached hydrogens (tertiary/aromatic N) is 1. The van der Waals surface area contributed by atoms with Gasteiger partial charge in [-0.15, -0.1) is 24.2 Å². The highest BCUT2D eigenvalue weighted by atomic mass is 79.9. The predicted octanol–water partition coefficient (Wildman–Crippen LogP) is 4.57. The van der Waals surface area contributed by atoms with Crippen LogP contribution in [0.25, 0.3) is 0 Å². The third kappa shape index (κ3) is 4.19. The van der Waals surface area contributed by atoms with Crippen LogP contribution in [0.5, 0.6) is 5.75 Å². The third-order valence-corrected chi connectivity index (χ3v) is 3.83. The number of aromatic nitrogens is 1. The van der Waals surface area contributed by atoms with Crippen molar-refractivity contribution >= 4 is 40.1 Å². The number of aryl methyl sites for hydroxylation is 1. The van der Waals surface area contributed by atoms with Gasteiger partial charge >= 0.3 is 0 Å². The zero-order valence-corrected chi connectivity index (χ0v) is 13.0. The van der Waals surface area contributed by atoms with E-state index >= 15 is 0 Å². The summed E-state index contributed by atoms with van der Waals surface area (Å²) in [4.78, 5) is 5.49. The van der Waals surface area contributed by atoms with Gasteiger partial charge in [0.2, 0.25) is 0 Å². The van der Waals surface area contributed by atoms with Crippen LogP contribution >= 0.6 is 40.1 Å². The molecule has 1 aromatic heterocycles. The van der Waals surface area contributed by atoms with E-state index in [1.54, 1.807) is 17.8 Å². The van der Waals surface area contributed by atoms with Crippen LogP contribution in [0.2, 0.25) is 0 Å². The van der Waals surface area contributed by atoms with Gasteiger partial charge in [-0.25, -0.2) is 0 Å². The molecule has 1 heterocycles. The molecule has 0 unspecified atom stereocenters. The van der Waals surface area contributed by atoms with Gasteiger partial charge in [0.15, 0.2) is 0 Å². The molecule has 0 radical (unpaired) electrons. The Labute approximate surface area is 125 Å². The summed E-state index contributed by atoms with van der Waals surface area (Å²) in [6.07, 6.45) is 0. The van der Waals surface area contributed by atoms with Crippen LogP contribution in [0.3, 0.4) is 0 Å². The van der Waals surface area contributed by atoms with Crippen molar-refractivity contribution in [3.63, 3.8) is 0 Å². The van der Waals surface area contributed by atoms with Crippen molar-refractivity contribution in [2.75, 3.05) is 0 Å². The quantitative estimate of drug-likeness (QED) is 0.826. The fourth-order valence-corrected chi connectivity index (χ4v) is 2.50. The van der Waals surface area contributed by atoms with Crippen molar-refractivity contribution in [2.45, 2.75) is 17.6 Å². The number of thioether (sulfide) groups is 1. The van der Waals surface area contributed by atoms with E-state index in [1.807, 2.05) is 37.3 Å².